The third-order valence-electron chi connectivity index (χ3n) is 2.63. The molecule has 2 N–H and O–H groups in total. The molecule has 18 heavy (non-hydrogen) atoms. The van der Waals surface area contributed by atoms with E-state index in [1.807, 2.05) is 19.1 Å². The van der Waals surface area contributed by atoms with Gasteiger partial charge in [-0.3, -0.25) is 4.98 Å². The molecule has 94 valence electrons. The molecular formula is C14H15FN2S. The molecule has 2 aromatic rings. The van der Waals surface area contributed by atoms with E-state index >= 15 is 0 Å². The Morgan fingerprint density at radius 3 is 2.39 bits per heavy atom. The van der Waals surface area contributed by atoms with E-state index in [4.69, 9.17) is 5.73 Å². The van der Waals surface area contributed by atoms with Gasteiger partial charge in [0.05, 0.1) is 5.69 Å². The van der Waals surface area contributed by atoms with Gasteiger partial charge in [-0.25, -0.2) is 4.39 Å². The van der Waals surface area contributed by atoms with Gasteiger partial charge in [-0.15, -0.1) is 0 Å². The van der Waals surface area contributed by atoms with Gasteiger partial charge < -0.3 is 5.73 Å². The summed E-state index contributed by atoms with van der Waals surface area (Å²) >= 11 is 1.55. The molecule has 0 radical (unpaired) electrons. The van der Waals surface area contributed by atoms with Crippen LogP contribution in [0, 0.1) is 5.82 Å². The van der Waals surface area contributed by atoms with Crippen molar-refractivity contribution in [2.45, 2.75) is 29.2 Å². The summed E-state index contributed by atoms with van der Waals surface area (Å²) in [5.41, 5.74) is 6.81. The van der Waals surface area contributed by atoms with Crippen molar-refractivity contribution in [1.29, 1.82) is 0 Å². The molecule has 0 aliphatic rings. The number of halogens is 1. The molecular weight excluding hydrogens is 247 g/mol. The molecule has 0 aliphatic heterocycles. The van der Waals surface area contributed by atoms with Crippen LogP contribution in [0.5, 0.6) is 0 Å². The molecule has 1 aromatic carbocycles. The minimum Gasteiger partial charge on any atom is -0.323 e. The zero-order chi connectivity index (χ0) is 13.0. The van der Waals surface area contributed by atoms with Crippen LogP contribution in [-0.4, -0.2) is 4.98 Å². The lowest BCUT2D eigenvalue weighted by Crippen LogP contribution is -2.10. The Morgan fingerprint density at radius 2 is 1.83 bits per heavy atom. The van der Waals surface area contributed by atoms with E-state index < -0.39 is 0 Å². The zero-order valence-electron chi connectivity index (χ0n) is 10.1. The number of benzene rings is 1. The van der Waals surface area contributed by atoms with Crippen molar-refractivity contribution in [2.75, 3.05) is 0 Å². The smallest absolute Gasteiger partial charge is 0.123 e. The zero-order valence-corrected chi connectivity index (χ0v) is 11.0. The largest absolute Gasteiger partial charge is 0.323 e. The predicted octanol–water partition coefficient (Wildman–Crippen LogP) is 3.78. The summed E-state index contributed by atoms with van der Waals surface area (Å²) in [6.45, 7) is 2.04. The first-order chi connectivity index (χ1) is 8.69. The van der Waals surface area contributed by atoms with Crippen molar-refractivity contribution in [3.05, 3.63) is 54.1 Å². The van der Waals surface area contributed by atoms with Crippen molar-refractivity contribution in [3.63, 3.8) is 0 Å². The maximum atomic E-state index is 12.8. The highest BCUT2D eigenvalue weighted by Crippen LogP contribution is 2.27. The summed E-state index contributed by atoms with van der Waals surface area (Å²) in [6, 6.07) is 10.4. The van der Waals surface area contributed by atoms with Crippen LogP contribution in [0.2, 0.25) is 0 Å². The molecule has 1 heterocycles. The number of nitrogens with two attached hydrogens (primary N) is 1. The fourth-order valence-corrected chi connectivity index (χ4v) is 2.31. The third-order valence-corrected chi connectivity index (χ3v) is 3.61. The van der Waals surface area contributed by atoms with Gasteiger partial charge in [0.25, 0.3) is 0 Å². The van der Waals surface area contributed by atoms with Crippen molar-refractivity contribution < 1.29 is 4.39 Å². The molecule has 0 spiro atoms. The Balaban J connectivity index is 2.08. The van der Waals surface area contributed by atoms with Crippen molar-refractivity contribution >= 4 is 11.8 Å². The molecule has 0 bridgehead atoms. The van der Waals surface area contributed by atoms with Crippen LogP contribution in [0.1, 0.15) is 25.1 Å². The standard InChI is InChI=1S/C14H15FN2S/c1-2-13(16)14-8-7-12(9-17-14)18-11-5-3-10(15)4-6-11/h3-9,13H,2,16H2,1H3/t13-/m1/s1. The quantitative estimate of drug-likeness (QED) is 0.911. The molecule has 0 fully saturated rings. The van der Waals surface area contributed by atoms with E-state index in [1.54, 1.807) is 30.1 Å². The van der Waals surface area contributed by atoms with Crippen LogP contribution in [0.4, 0.5) is 4.39 Å². The van der Waals surface area contributed by atoms with Gasteiger partial charge >= 0.3 is 0 Å². The van der Waals surface area contributed by atoms with E-state index in [-0.39, 0.29) is 11.9 Å². The Bertz CT molecular complexity index is 496. The highest BCUT2D eigenvalue weighted by atomic mass is 32.2. The van der Waals surface area contributed by atoms with Gasteiger partial charge in [-0.2, -0.15) is 0 Å². The maximum Gasteiger partial charge on any atom is 0.123 e. The lowest BCUT2D eigenvalue weighted by molar-refractivity contribution is 0.626. The van der Waals surface area contributed by atoms with Gasteiger partial charge in [0.15, 0.2) is 0 Å². The topological polar surface area (TPSA) is 38.9 Å². The predicted molar refractivity (Wildman–Crippen MR) is 72.0 cm³/mol. The first kappa shape index (κ1) is 13.1. The molecule has 0 saturated heterocycles. The van der Waals surface area contributed by atoms with Gasteiger partial charge in [0.2, 0.25) is 0 Å². The van der Waals surface area contributed by atoms with E-state index in [2.05, 4.69) is 4.98 Å². The molecule has 0 aliphatic carbocycles. The molecule has 0 amide bonds. The second-order valence-corrected chi connectivity index (χ2v) is 5.14. The Hall–Kier alpha value is -1.39. The number of hydrogen-bond acceptors (Lipinski definition) is 3. The fraction of sp³-hybridized carbons (Fsp3) is 0.214. The van der Waals surface area contributed by atoms with Crippen LogP contribution < -0.4 is 5.73 Å². The second kappa shape index (κ2) is 5.98. The molecule has 2 rings (SSSR count). The lowest BCUT2D eigenvalue weighted by atomic mass is 10.1. The van der Waals surface area contributed by atoms with Crippen LogP contribution in [0.3, 0.4) is 0 Å². The van der Waals surface area contributed by atoms with Crippen molar-refractivity contribution in [1.82, 2.24) is 4.98 Å². The lowest BCUT2D eigenvalue weighted by Gasteiger charge is -2.08. The summed E-state index contributed by atoms with van der Waals surface area (Å²) < 4.78 is 12.8. The normalized spacial score (nSPS) is 12.4. The number of pyridine rings is 1. The van der Waals surface area contributed by atoms with E-state index in [0.717, 1.165) is 21.9 Å². The molecule has 0 saturated carbocycles. The fourth-order valence-electron chi connectivity index (χ4n) is 1.52. The number of aromatic nitrogens is 1. The summed E-state index contributed by atoms with van der Waals surface area (Å²) in [6.07, 6.45) is 2.68. The monoisotopic (exact) mass is 262 g/mol. The molecule has 1 atom stereocenters. The maximum absolute atomic E-state index is 12.8. The Morgan fingerprint density at radius 1 is 1.17 bits per heavy atom. The van der Waals surface area contributed by atoms with Crippen LogP contribution >= 0.6 is 11.8 Å². The average molecular weight is 262 g/mol. The first-order valence-electron chi connectivity index (χ1n) is 5.84. The minimum absolute atomic E-state index is 0.00475. The van der Waals surface area contributed by atoms with Gasteiger partial charge in [-0.05, 0) is 42.8 Å². The van der Waals surface area contributed by atoms with Gasteiger partial charge in [-0.1, -0.05) is 18.7 Å². The summed E-state index contributed by atoms with van der Waals surface area (Å²) in [7, 11) is 0. The SMILES string of the molecule is CC[C@@H](N)c1ccc(Sc2ccc(F)cc2)cn1. The van der Waals surface area contributed by atoms with Crippen molar-refractivity contribution in [3.8, 4) is 0 Å². The van der Waals surface area contributed by atoms with E-state index in [0.29, 0.717) is 0 Å². The van der Waals surface area contributed by atoms with Gasteiger partial charge in [0.1, 0.15) is 5.82 Å². The van der Waals surface area contributed by atoms with Crippen LogP contribution in [0.15, 0.2) is 52.4 Å². The van der Waals surface area contributed by atoms with E-state index in [1.165, 1.54) is 12.1 Å². The van der Waals surface area contributed by atoms with Crippen LogP contribution in [-0.2, 0) is 0 Å². The average Bonchev–Trinajstić information content (AvgIpc) is 2.41. The van der Waals surface area contributed by atoms with Gasteiger partial charge in [0, 0.05) is 22.0 Å². The number of hydrogen-bond donors (Lipinski definition) is 1. The summed E-state index contributed by atoms with van der Waals surface area (Å²) in [5.74, 6) is -0.221. The van der Waals surface area contributed by atoms with Crippen molar-refractivity contribution in [2.24, 2.45) is 5.73 Å². The van der Waals surface area contributed by atoms with E-state index in [9.17, 15) is 4.39 Å². The first-order valence-corrected chi connectivity index (χ1v) is 6.65. The summed E-state index contributed by atoms with van der Waals surface area (Å²) in [4.78, 5) is 6.36. The summed E-state index contributed by atoms with van der Waals surface area (Å²) in [5, 5.41) is 0. The highest BCUT2D eigenvalue weighted by molar-refractivity contribution is 7.99. The molecule has 2 nitrogen and oxygen atoms in total. The minimum atomic E-state index is -0.221. The highest BCUT2D eigenvalue weighted by Gasteiger charge is 2.05. The third kappa shape index (κ3) is 3.31. The number of rotatable bonds is 4. The molecule has 0 unspecified atom stereocenters. The Labute approximate surface area is 110 Å². The number of nitrogens with zero attached hydrogens (tertiary/aromatic N) is 1. The molecule has 1 aromatic heterocycles. The Kier molecular flexibility index (Phi) is 4.33. The molecule has 4 heteroatoms. The second-order valence-electron chi connectivity index (χ2n) is 3.99. The van der Waals surface area contributed by atoms with Crippen LogP contribution in [0.25, 0.3) is 0 Å².